The van der Waals surface area contributed by atoms with Gasteiger partial charge in [-0.05, 0) is 31.3 Å². The SMILES string of the molecule is CCN(CC)CCOC(=O)c1ccc(N)cc1S. The van der Waals surface area contributed by atoms with E-state index in [2.05, 4.69) is 31.4 Å². The Morgan fingerprint density at radius 3 is 2.61 bits per heavy atom. The maximum absolute atomic E-state index is 11.8. The minimum Gasteiger partial charge on any atom is -0.461 e. The Labute approximate surface area is 114 Å². The van der Waals surface area contributed by atoms with Crippen molar-refractivity contribution in [3.8, 4) is 0 Å². The molecular weight excluding hydrogens is 248 g/mol. The Kier molecular flexibility index (Phi) is 6.01. The Morgan fingerprint density at radius 1 is 1.39 bits per heavy atom. The monoisotopic (exact) mass is 268 g/mol. The van der Waals surface area contributed by atoms with Crippen LogP contribution in [0.4, 0.5) is 5.69 Å². The summed E-state index contributed by atoms with van der Waals surface area (Å²) in [5.41, 5.74) is 6.63. The smallest absolute Gasteiger partial charge is 0.339 e. The molecule has 0 atom stereocenters. The number of nitrogens with zero attached hydrogens (tertiary/aromatic N) is 1. The molecular formula is C13H20N2O2S. The van der Waals surface area contributed by atoms with Crippen molar-refractivity contribution in [2.75, 3.05) is 32.0 Å². The van der Waals surface area contributed by atoms with Gasteiger partial charge in [0.15, 0.2) is 0 Å². The molecule has 0 aromatic heterocycles. The summed E-state index contributed by atoms with van der Waals surface area (Å²) in [6, 6.07) is 4.95. The molecule has 0 spiro atoms. The predicted molar refractivity (Wildman–Crippen MR) is 76.2 cm³/mol. The molecule has 0 aliphatic rings. The highest BCUT2D eigenvalue weighted by atomic mass is 32.1. The highest BCUT2D eigenvalue weighted by Crippen LogP contribution is 2.18. The Hall–Kier alpha value is -1.20. The van der Waals surface area contributed by atoms with Gasteiger partial charge in [-0.3, -0.25) is 0 Å². The van der Waals surface area contributed by atoms with Crippen LogP contribution in [0.5, 0.6) is 0 Å². The van der Waals surface area contributed by atoms with Crippen LogP contribution in [0.15, 0.2) is 23.1 Å². The molecule has 1 rings (SSSR count). The molecule has 1 aromatic carbocycles. The molecule has 1 aromatic rings. The summed E-state index contributed by atoms with van der Waals surface area (Å²) in [6.07, 6.45) is 0. The average Bonchev–Trinajstić information content (AvgIpc) is 2.34. The van der Waals surface area contributed by atoms with Gasteiger partial charge in [-0.25, -0.2) is 4.79 Å². The number of nitrogen functional groups attached to an aromatic ring is 1. The van der Waals surface area contributed by atoms with E-state index in [0.29, 0.717) is 22.8 Å². The van der Waals surface area contributed by atoms with Crippen molar-refractivity contribution in [2.45, 2.75) is 18.7 Å². The number of thiol groups is 1. The number of nitrogens with two attached hydrogens (primary N) is 1. The summed E-state index contributed by atoms with van der Waals surface area (Å²) in [6.45, 7) is 7.20. The molecule has 0 saturated carbocycles. The van der Waals surface area contributed by atoms with E-state index in [0.717, 1.165) is 19.6 Å². The first-order valence-electron chi connectivity index (χ1n) is 6.06. The fourth-order valence-corrected chi connectivity index (χ4v) is 1.92. The summed E-state index contributed by atoms with van der Waals surface area (Å²) in [5.74, 6) is -0.354. The van der Waals surface area contributed by atoms with E-state index in [1.54, 1.807) is 18.2 Å². The first-order valence-corrected chi connectivity index (χ1v) is 6.51. The lowest BCUT2D eigenvalue weighted by Crippen LogP contribution is -2.28. The number of anilines is 1. The number of ether oxygens (including phenoxy) is 1. The van der Waals surface area contributed by atoms with Crippen molar-refractivity contribution < 1.29 is 9.53 Å². The third-order valence-corrected chi connectivity index (χ3v) is 3.15. The van der Waals surface area contributed by atoms with Crippen LogP contribution in [-0.2, 0) is 4.74 Å². The van der Waals surface area contributed by atoms with E-state index in [9.17, 15) is 4.79 Å². The molecule has 0 aliphatic heterocycles. The van der Waals surface area contributed by atoms with Gasteiger partial charge >= 0.3 is 5.97 Å². The van der Waals surface area contributed by atoms with Crippen molar-refractivity contribution in [1.82, 2.24) is 4.90 Å². The number of benzene rings is 1. The molecule has 100 valence electrons. The van der Waals surface area contributed by atoms with Gasteiger partial charge in [0.25, 0.3) is 0 Å². The highest BCUT2D eigenvalue weighted by Gasteiger charge is 2.11. The van der Waals surface area contributed by atoms with Crippen LogP contribution < -0.4 is 5.73 Å². The van der Waals surface area contributed by atoms with E-state index in [1.807, 2.05) is 0 Å². The molecule has 0 radical (unpaired) electrons. The molecule has 0 bridgehead atoms. The lowest BCUT2D eigenvalue weighted by atomic mass is 10.2. The quantitative estimate of drug-likeness (QED) is 0.471. The minimum absolute atomic E-state index is 0.354. The molecule has 0 fully saturated rings. The summed E-state index contributed by atoms with van der Waals surface area (Å²) < 4.78 is 5.21. The fraction of sp³-hybridized carbons (Fsp3) is 0.462. The van der Waals surface area contributed by atoms with Crippen molar-refractivity contribution in [1.29, 1.82) is 0 Å². The van der Waals surface area contributed by atoms with Crippen molar-refractivity contribution in [3.05, 3.63) is 23.8 Å². The molecule has 0 heterocycles. The van der Waals surface area contributed by atoms with Gasteiger partial charge in [0.05, 0.1) is 5.56 Å². The second-order valence-corrected chi connectivity index (χ2v) is 4.42. The van der Waals surface area contributed by atoms with Crippen LogP contribution in [0.3, 0.4) is 0 Å². The summed E-state index contributed by atoms with van der Waals surface area (Å²) in [5, 5.41) is 0. The van der Waals surface area contributed by atoms with Crippen LogP contribution in [0.2, 0.25) is 0 Å². The van der Waals surface area contributed by atoms with Crippen molar-refractivity contribution >= 4 is 24.3 Å². The topological polar surface area (TPSA) is 55.6 Å². The van der Waals surface area contributed by atoms with Gasteiger partial charge in [0.1, 0.15) is 6.61 Å². The normalized spacial score (nSPS) is 10.7. The lowest BCUT2D eigenvalue weighted by Gasteiger charge is -2.17. The Morgan fingerprint density at radius 2 is 2.06 bits per heavy atom. The fourth-order valence-electron chi connectivity index (χ4n) is 1.61. The van der Waals surface area contributed by atoms with Gasteiger partial charge in [0, 0.05) is 17.1 Å². The highest BCUT2D eigenvalue weighted by molar-refractivity contribution is 7.80. The molecule has 2 N–H and O–H groups in total. The van der Waals surface area contributed by atoms with E-state index in [4.69, 9.17) is 10.5 Å². The molecule has 18 heavy (non-hydrogen) atoms. The number of rotatable bonds is 6. The van der Waals surface area contributed by atoms with Gasteiger partial charge < -0.3 is 15.4 Å². The van der Waals surface area contributed by atoms with E-state index in [-0.39, 0.29) is 5.97 Å². The summed E-state index contributed by atoms with van der Waals surface area (Å²) in [7, 11) is 0. The lowest BCUT2D eigenvalue weighted by molar-refractivity contribution is 0.0462. The largest absolute Gasteiger partial charge is 0.461 e. The molecule has 5 heteroatoms. The number of hydrogen-bond acceptors (Lipinski definition) is 5. The number of esters is 1. The number of carbonyl (C=O) groups is 1. The van der Waals surface area contributed by atoms with Crippen LogP contribution in [0.25, 0.3) is 0 Å². The van der Waals surface area contributed by atoms with Gasteiger partial charge in [-0.15, -0.1) is 12.6 Å². The van der Waals surface area contributed by atoms with Gasteiger partial charge in [-0.2, -0.15) is 0 Å². The first kappa shape index (κ1) is 14.9. The van der Waals surface area contributed by atoms with Crippen molar-refractivity contribution in [3.63, 3.8) is 0 Å². The maximum Gasteiger partial charge on any atom is 0.339 e. The van der Waals surface area contributed by atoms with E-state index >= 15 is 0 Å². The molecule has 0 unspecified atom stereocenters. The molecule has 0 amide bonds. The zero-order valence-electron chi connectivity index (χ0n) is 10.8. The molecule has 0 aliphatic carbocycles. The number of likely N-dealkylation sites (N-methyl/N-ethyl adjacent to an activating group) is 1. The van der Waals surface area contributed by atoms with Gasteiger partial charge in [0.2, 0.25) is 0 Å². The Balaban J connectivity index is 2.50. The first-order chi connectivity index (χ1) is 8.58. The number of hydrogen-bond donors (Lipinski definition) is 2. The van der Waals surface area contributed by atoms with E-state index in [1.165, 1.54) is 0 Å². The zero-order valence-corrected chi connectivity index (χ0v) is 11.7. The van der Waals surface area contributed by atoms with Crippen LogP contribution in [0.1, 0.15) is 24.2 Å². The molecule has 4 nitrogen and oxygen atoms in total. The average molecular weight is 268 g/mol. The standard InChI is InChI=1S/C13H20N2O2S/c1-3-15(4-2)7-8-17-13(16)11-6-5-10(14)9-12(11)18/h5-6,9,18H,3-4,7-8,14H2,1-2H3. The van der Waals surface area contributed by atoms with E-state index < -0.39 is 0 Å². The summed E-state index contributed by atoms with van der Waals surface area (Å²) >= 11 is 4.22. The van der Waals surface area contributed by atoms with Crippen LogP contribution >= 0.6 is 12.6 Å². The maximum atomic E-state index is 11.8. The van der Waals surface area contributed by atoms with Crippen molar-refractivity contribution in [2.24, 2.45) is 0 Å². The second kappa shape index (κ2) is 7.28. The third kappa shape index (κ3) is 4.23. The second-order valence-electron chi connectivity index (χ2n) is 3.94. The van der Waals surface area contributed by atoms with Gasteiger partial charge in [-0.1, -0.05) is 13.8 Å². The summed E-state index contributed by atoms with van der Waals surface area (Å²) in [4.78, 5) is 14.5. The molecule has 0 saturated heterocycles. The third-order valence-electron chi connectivity index (χ3n) is 2.78. The Bertz CT molecular complexity index is 406. The van der Waals surface area contributed by atoms with Crippen LogP contribution in [-0.4, -0.2) is 37.1 Å². The predicted octanol–water partition coefficient (Wildman–Crippen LogP) is 2.06. The number of carbonyl (C=O) groups excluding carboxylic acids is 1. The van der Waals surface area contributed by atoms with Crippen LogP contribution in [0, 0.1) is 0 Å². The zero-order chi connectivity index (χ0) is 13.5. The minimum atomic E-state index is -0.354.